The number of nitrogens with one attached hydrogen (secondary N) is 2. The molecule has 3 aromatic heterocycles. The number of esters is 1. The lowest BCUT2D eigenvalue weighted by Gasteiger charge is -2.13. The number of tetrazole rings is 1. The van der Waals surface area contributed by atoms with Gasteiger partial charge in [-0.05, 0) is 40.5 Å². The van der Waals surface area contributed by atoms with E-state index in [0.29, 0.717) is 34.7 Å². The SMILES string of the molecule is CCOC(=O)c1cn(Cc2ccc(-c3ccccc3-c3nnn[nH]3)cc2)c2sc(CC)c(NC(C)=O)c2c1=O. The maximum atomic E-state index is 13.4. The number of H-pyrrole nitrogens is 1. The monoisotopic (exact) mass is 542 g/mol. The van der Waals surface area contributed by atoms with Crippen molar-refractivity contribution in [3.8, 4) is 22.5 Å². The average molecular weight is 543 g/mol. The van der Waals surface area contributed by atoms with Gasteiger partial charge in [0, 0.05) is 30.1 Å². The Morgan fingerprint density at radius 2 is 1.82 bits per heavy atom. The Labute approximate surface area is 227 Å². The van der Waals surface area contributed by atoms with Crippen LogP contribution in [0.3, 0.4) is 0 Å². The number of aromatic nitrogens is 5. The van der Waals surface area contributed by atoms with Crippen molar-refractivity contribution < 1.29 is 14.3 Å². The van der Waals surface area contributed by atoms with Crippen molar-refractivity contribution in [2.24, 2.45) is 0 Å². The second kappa shape index (κ2) is 11.0. The number of nitrogens with zero attached hydrogens (tertiary/aromatic N) is 4. The number of aryl methyl sites for hydroxylation is 1. The molecule has 1 amide bonds. The molecular formula is C28H26N6O4S. The van der Waals surface area contributed by atoms with E-state index in [0.717, 1.165) is 27.1 Å². The fourth-order valence-corrected chi connectivity index (χ4v) is 5.68. The summed E-state index contributed by atoms with van der Waals surface area (Å²) < 4.78 is 7.05. The number of rotatable bonds is 8. The van der Waals surface area contributed by atoms with Crippen LogP contribution >= 0.6 is 11.3 Å². The molecule has 198 valence electrons. The number of ether oxygens (including phenoxy) is 1. The van der Waals surface area contributed by atoms with Gasteiger partial charge in [0.1, 0.15) is 10.4 Å². The zero-order valence-electron chi connectivity index (χ0n) is 21.6. The van der Waals surface area contributed by atoms with Gasteiger partial charge in [0.25, 0.3) is 0 Å². The van der Waals surface area contributed by atoms with E-state index >= 15 is 0 Å². The highest BCUT2D eigenvalue weighted by Crippen LogP contribution is 2.35. The average Bonchev–Trinajstić information content (AvgIpc) is 3.59. The Morgan fingerprint density at radius 3 is 2.46 bits per heavy atom. The molecule has 39 heavy (non-hydrogen) atoms. The van der Waals surface area contributed by atoms with Crippen LogP contribution in [0.4, 0.5) is 5.69 Å². The molecule has 2 aromatic carbocycles. The largest absolute Gasteiger partial charge is 0.462 e. The summed E-state index contributed by atoms with van der Waals surface area (Å²) in [7, 11) is 0. The third kappa shape index (κ3) is 5.08. The van der Waals surface area contributed by atoms with Crippen molar-refractivity contribution in [3.63, 3.8) is 0 Å². The van der Waals surface area contributed by atoms with Crippen LogP contribution in [-0.2, 0) is 22.5 Å². The molecule has 0 saturated heterocycles. The lowest BCUT2D eigenvalue weighted by Crippen LogP contribution is -2.21. The van der Waals surface area contributed by atoms with E-state index in [1.165, 1.54) is 18.3 Å². The Morgan fingerprint density at radius 1 is 1.08 bits per heavy atom. The molecule has 0 unspecified atom stereocenters. The fraction of sp³-hybridized carbons (Fsp3) is 0.214. The van der Waals surface area contributed by atoms with Crippen LogP contribution in [0.1, 0.15) is 41.6 Å². The molecule has 10 nitrogen and oxygen atoms in total. The van der Waals surface area contributed by atoms with Crippen molar-refractivity contribution in [2.75, 3.05) is 11.9 Å². The molecule has 0 fully saturated rings. The van der Waals surface area contributed by atoms with Crippen molar-refractivity contribution in [1.29, 1.82) is 0 Å². The zero-order valence-corrected chi connectivity index (χ0v) is 22.5. The first-order valence-corrected chi connectivity index (χ1v) is 13.3. The number of carbonyl (C=O) groups excluding carboxylic acids is 2. The van der Waals surface area contributed by atoms with Crippen LogP contribution in [0.2, 0.25) is 0 Å². The molecule has 11 heteroatoms. The summed E-state index contributed by atoms with van der Waals surface area (Å²) in [5.74, 6) is -0.393. The standard InChI is InChI=1S/C28H26N6O4S/c1-4-22-24(29-16(3)35)23-25(36)21(28(37)38-5-2)15-34(27(23)39-22)14-17-10-12-18(13-11-17)19-8-6-7-9-20(19)26-30-32-33-31-26/h6-13,15H,4-5,14H2,1-3H3,(H,29,35)(H,30,31,32,33). The van der Waals surface area contributed by atoms with E-state index in [4.69, 9.17) is 4.74 Å². The van der Waals surface area contributed by atoms with Crippen molar-refractivity contribution in [2.45, 2.75) is 33.7 Å². The molecule has 5 rings (SSSR count). The number of fused-ring (bicyclic) bond motifs is 1. The molecule has 0 saturated carbocycles. The molecule has 2 N–H and O–H groups in total. The smallest absolute Gasteiger partial charge is 0.343 e. The predicted molar refractivity (Wildman–Crippen MR) is 150 cm³/mol. The normalized spacial score (nSPS) is 11.1. The number of amides is 1. The minimum atomic E-state index is -0.690. The Hall–Kier alpha value is -4.64. The number of pyridine rings is 1. The first-order valence-electron chi connectivity index (χ1n) is 12.5. The summed E-state index contributed by atoms with van der Waals surface area (Å²) in [4.78, 5) is 39.7. The number of benzene rings is 2. The third-order valence-electron chi connectivity index (χ3n) is 6.24. The molecule has 0 spiro atoms. The molecule has 0 radical (unpaired) electrons. The van der Waals surface area contributed by atoms with Gasteiger partial charge in [-0.25, -0.2) is 9.89 Å². The van der Waals surface area contributed by atoms with Gasteiger partial charge in [0.05, 0.1) is 17.7 Å². The van der Waals surface area contributed by atoms with Crippen LogP contribution in [0.25, 0.3) is 32.7 Å². The van der Waals surface area contributed by atoms with E-state index in [2.05, 4.69) is 25.9 Å². The number of thiophene rings is 1. The molecule has 0 aliphatic rings. The zero-order chi connectivity index (χ0) is 27.5. The second-order valence-corrected chi connectivity index (χ2v) is 9.91. The quantitative estimate of drug-likeness (QED) is 0.273. The van der Waals surface area contributed by atoms with Gasteiger partial charge in [-0.3, -0.25) is 9.59 Å². The minimum absolute atomic E-state index is 0.0670. The number of hydrogen-bond acceptors (Lipinski definition) is 8. The number of carbonyl (C=O) groups is 2. The Balaban J connectivity index is 1.58. The molecule has 3 heterocycles. The summed E-state index contributed by atoms with van der Waals surface area (Å²) in [5.41, 5.74) is 3.75. The lowest BCUT2D eigenvalue weighted by atomic mass is 9.98. The van der Waals surface area contributed by atoms with Gasteiger partial charge in [-0.15, -0.1) is 16.4 Å². The predicted octanol–water partition coefficient (Wildman–Crippen LogP) is 4.66. The van der Waals surface area contributed by atoms with Gasteiger partial charge < -0.3 is 14.6 Å². The van der Waals surface area contributed by atoms with Gasteiger partial charge in [0.2, 0.25) is 11.3 Å². The lowest BCUT2D eigenvalue weighted by molar-refractivity contribution is -0.114. The van der Waals surface area contributed by atoms with Crippen LogP contribution in [0, 0.1) is 0 Å². The van der Waals surface area contributed by atoms with E-state index in [1.54, 1.807) is 13.1 Å². The summed E-state index contributed by atoms with van der Waals surface area (Å²) in [6.07, 6.45) is 2.17. The number of anilines is 1. The van der Waals surface area contributed by atoms with Crippen molar-refractivity contribution >= 4 is 39.1 Å². The van der Waals surface area contributed by atoms with Gasteiger partial charge in [-0.2, -0.15) is 0 Å². The first-order chi connectivity index (χ1) is 18.9. The highest BCUT2D eigenvalue weighted by Gasteiger charge is 2.23. The second-order valence-electron chi connectivity index (χ2n) is 8.83. The molecule has 0 aliphatic heterocycles. The Kier molecular flexibility index (Phi) is 7.33. The fourth-order valence-electron chi connectivity index (χ4n) is 4.52. The van der Waals surface area contributed by atoms with E-state index in [-0.39, 0.29) is 18.1 Å². The van der Waals surface area contributed by atoms with Crippen LogP contribution in [-0.4, -0.2) is 43.7 Å². The highest BCUT2D eigenvalue weighted by atomic mass is 32.1. The van der Waals surface area contributed by atoms with E-state index in [9.17, 15) is 14.4 Å². The molecule has 0 bridgehead atoms. The summed E-state index contributed by atoms with van der Waals surface area (Å²) in [6, 6.07) is 15.9. The summed E-state index contributed by atoms with van der Waals surface area (Å²) >= 11 is 1.43. The third-order valence-corrected chi connectivity index (χ3v) is 7.61. The molecule has 0 aliphatic carbocycles. The maximum absolute atomic E-state index is 13.4. The summed E-state index contributed by atoms with van der Waals surface area (Å²) in [6.45, 7) is 5.60. The number of aromatic amines is 1. The van der Waals surface area contributed by atoms with Crippen molar-refractivity contribution in [1.82, 2.24) is 25.2 Å². The topological polar surface area (TPSA) is 132 Å². The van der Waals surface area contributed by atoms with Crippen LogP contribution in [0.15, 0.2) is 59.5 Å². The maximum Gasteiger partial charge on any atom is 0.343 e. The van der Waals surface area contributed by atoms with E-state index in [1.807, 2.05) is 60.0 Å². The van der Waals surface area contributed by atoms with Crippen LogP contribution < -0.4 is 10.7 Å². The molecule has 0 atom stereocenters. The van der Waals surface area contributed by atoms with Gasteiger partial charge in [0.15, 0.2) is 5.82 Å². The van der Waals surface area contributed by atoms with Gasteiger partial charge >= 0.3 is 5.97 Å². The minimum Gasteiger partial charge on any atom is -0.462 e. The summed E-state index contributed by atoms with van der Waals surface area (Å²) in [5, 5.41) is 17.4. The molecule has 5 aromatic rings. The van der Waals surface area contributed by atoms with Crippen molar-refractivity contribution in [3.05, 3.63) is 81.0 Å². The highest BCUT2D eigenvalue weighted by molar-refractivity contribution is 7.19. The number of hydrogen-bond donors (Lipinski definition) is 2. The Bertz CT molecular complexity index is 1720. The van der Waals surface area contributed by atoms with Gasteiger partial charge in [-0.1, -0.05) is 55.5 Å². The van der Waals surface area contributed by atoms with E-state index < -0.39 is 11.4 Å². The van der Waals surface area contributed by atoms with Crippen LogP contribution in [0.5, 0.6) is 0 Å². The first kappa shape index (κ1) is 26.0. The molecular weight excluding hydrogens is 516 g/mol.